The average Bonchev–Trinajstić information content (AvgIpc) is 2.91. The summed E-state index contributed by atoms with van der Waals surface area (Å²) < 4.78 is 7.66. The molecule has 0 saturated carbocycles. The summed E-state index contributed by atoms with van der Waals surface area (Å²) in [6.07, 6.45) is 1.50. The molecule has 132 valence electrons. The molecule has 0 aliphatic rings. The number of nitrogens with zero attached hydrogens (tertiary/aromatic N) is 4. The Labute approximate surface area is 158 Å². The third-order valence-electron chi connectivity index (χ3n) is 3.79. The first-order valence-electron chi connectivity index (χ1n) is 8.07. The number of benzene rings is 1. The Balaban J connectivity index is 1.97. The average molecular weight is 395 g/mol. The van der Waals surface area contributed by atoms with Crippen LogP contribution in [0.25, 0.3) is 22.3 Å². The van der Waals surface area contributed by atoms with Gasteiger partial charge in [-0.2, -0.15) is 5.10 Å². The van der Waals surface area contributed by atoms with Gasteiger partial charge in [-0.1, -0.05) is 49.4 Å². The van der Waals surface area contributed by atoms with Gasteiger partial charge in [0.1, 0.15) is 12.4 Å². The fourth-order valence-electron chi connectivity index (χ4n) is 2.46. The molecule has 0 fully saturated rings. The number of halogens is 2. The maximum atomic E-state index is 6.32. The van der Waals surface area contributed by atoms with Crippen molar-refractivity contribution in [2.24, 2.45) is 0 Å². The molecule has 0 aliphatic heterocycles. The fourth-order valence-corrected chi connectivity index (χ4v) is 3.54. The molecule has 0 spiro atoms. The van der Waals surface area contributed by atoms with Crippen LogP contribution in [-0.2, 0) is 11.5 Å². The summed E-state index contributed by atoms with van der Waals surface area (Å²) in [5.74, 6) is 0. The predicted octanol–water partition coefficient (Wildman–Crippen LogP) is 5.11. The second kappa shape index (κ2) is 7.41. The molecule has 0 amide bonds. The Morgan fingerprint density at radius 3 is 2.68 bits per heavy atom. The highest BCUT2D eigenvalue weighted by atomic mass is 35.5. The van der Waals surface area contributed by atoms with E-state index >= 15 is 0 Å². The number of hydrogen-bond acceptors (Lipinski definition) is 4. The van der Waals surface area contributed by atoms with E-state index in [2.05, 4.69) is 34.7 Å². The van der Waals surface area contributed by atoms with E-state index < -0.39 is 8.07 Å². The van der Waals surface area contributed by atoms with Crippen LogP contribution in [-0.4, -0.2) is 34.4 Å². The van der Waals surface area contributed by atoms with Crippen molar-refractivity contribution in [1.82, 2.24) is 19.7 Å². The minimum absolute atomic E-state index is 0.149. The monoisotopic (exact) mass is 394 g/mol. The van der Waals surface area contributed by atoms with Crippen molar-refractivity contribution in [1.29, 1.82) is 0 Å². The highest BCUT2D eigenvalue weighted by molar-refractivity contribution is 6.76. The van der Waals surface area contributed by atoms with Gasteiger partial charge in [0.2, 0.25) is 5.28 Å². The highest BCUT2D eigenvalue weighted by Crippen LogP contribution is 2.32. The largest absolute Gasteiger partial charge is 0.360 e. The predicted molar refractivity (Wildman–Crippen MR) is 105 cm³/mol. The summed E-state index contributed by atoms with van der Waals surface area (Å²) in [7, 11) is -1.13. The Hall–Kier alpha value is -1.47. The molecular formula is C17H20Cl2N4OSi. The van der Waals surface area contributed by atoms with Gasteiger partial charge in [0, 0.05) is 20.1 Å². The molecule has 1 aromatic carbocycles. The van der Waals surface area contributed by atoms with Crippen LogP contribution in [0.5, 0.6) is 0 Å². The second-order valence-electron chi connectivity index (χ2n) is 7.05. The van der Waals surface area contributed by atoms with Gasteiger partial charge in [0.25, 0.3) is 0 Å². The quantitative estimate of drug-likeness (QED) is 0.331. The first-order valence-corrected chi connectivity index (χ1v) is 12.5. The Morgan fingerprint density at radius 2 is 1.92 bits per heavy atom. The molecular weight excluding hydrogens is 375 g/mol. The van der Waals surface area contributed by atoms with Crippen molar-refractivity contribution in [2.45, 2.75) is 32.4 Å². The normalized spacial score (nSPS) is 12.0. The first-order chi connectivity index (χ1) is 11.8. The number of fused-ring (bicyclic) bond motifs is 1. The standard InChI is InChI=1S/C17H20Cl2N4OSi/c1-25(2,3)9-8-24-11-23-16(12-6-4-5-7-14(12)22-23)15-13(18)10-20-17(19)21-15/h4-7,10H,8-9,11H2,1-3H3. The SMILES string of the molecule is C[Si](C)(C)CCOCn1nc2ccccc2c1-c1nc(Cl)ncc1Cl. The highest BCUT2D eigenvalue weighted by Gasteiger charge is 2.18. The summed E-state index contributed by atoms with van der Waals surface area (Å²) in [5.41, 5.74) is 2.21. The van der Waals surface area contributed by atoms with Gasteiger partial charge in [0.05, 0.1) is 22.4 Å². The first kappa shape index (κ1) is 18.3. The van der Waals surface area contributed by atoms with Crippen LogP contribution in [0.4, 0.5) is 0 Å². The minimum atomic E-state index is -1.13. The van der Waals surface area contributed by atoms with Crippen LogP contribution < -0.4 is 0 Å². The van der Waals surface area contributed by atoms with Gasteiger partial charge >= 0.3 is 0 Å². The zero-order valence-corrected chi connectivity index (χ0v) is 17.0. The molecule has 0 radical (unpaired) electrons. The van der Waals surface area contributed by atoms with E-state index in [4.69, 9.17) is 27.9 Å². The van der Waals surface area contributed by atoms with E-state index in [1.807, 2.05) is 24.3 Å². The van der Waals surface area contributed by atoms with Gasteiger partial charge in [-0.3, -0.25) is 0 Å². The molecule has 8 heteroatoms. The maximum absolute atomic E-state index is 6.32. The topological polar surface area (TPSA) is 52.8 Å². The van der Waals surface area contributed by atoms with E-state index in [0.29, 0.717) is 24.1 Å². The van der Waals surface area contributed by atoms with Crippen LogP contribution in [0, 0.1) is 0 Å². The van der Waals surface area contributed by atoms with E-state index in [1.165, 1.54) is 6.20 Å². The Bertz CT molecular complexity index is 892. The lowest BCUT2D eigenvalue weighted by Gasteiger charge is -2.16. The smallest absolute Gasteiger partial charge is 0.223 e. The maximum Gasteiger partial charge on any atom is 0.223 e. The van der Waals surface area contributed by atoms with Crippen LogP contribution in [0.3, 0.4) is 0 Å². The van der Waals surface area contributed by atoms with Crippen LogP contribution in [0.2, 0.25) is 36.0 Å². The molecule has 0 aliphatic carbocycles. The summed E-state index contributed by atoms with van der Waals surface area (Å²) in [6, 6.07) is 8.95. The molecule has 0 saturated heterocycles. The second-order valence-corrected chi connectivity index (χ2v) is 13.4. The third-order valence-corrected chi connectivity index (χ3v) is 5.96. The molecule has 3 aromatic rings. The molecule has 0 unspecified atom stereocenters. The summed E-state index contributed by atoms with van der Waals surface area (Å²) >= 11 is 12.3. The molecule has 3 rings (SSSR count). The molecule has 5 nitrogen and oxygen atoms in total. The molecule has 2 aromatic heterocycles. The lowest BCUT2D eigenvalue weighted by atomic mass is 10.1. The lowest BCUT2D eigenvalue weighted by Crippen LogP contribution is -2.22. The number of hydrogen-bond donors (Lipinski definition) is 0. The van der Waals surface area contributed by atoms with Gasteiger partial charge < -0.3 is 4.74 Å². The third kappa shape index (κ3) is 4.38. The van der Waals surface area contributed by atoms with Gasteiger partial charge in [-0.15, -0.1) is 0 Å². The van der Waals surface area contributed by atoms with Crippen molar-refractivity contribution in [2.75, 3.05) is 6.61 Å². The Kier molecular flexibility index (Phi) is 5.43. The molecule has 25 heavy (non-hydrogen) atoms. The minimum Gasteiger partial charge on any atom is -0.360 e. The van der Waals surface area contributed by atoms with Crippen molar-refractivity contribution in [3.63, 3.8) is 0 Å². The zero-order chi connectivity index (χ0) is 18.0. The van der Waals surface area contributed by atoms with Crippen LogP contribution >= 0.6 is 23.2 Å². The lowest BCUT2D eigenvalue weighted by molar-refractivity contribution is 0.0802. The summed E-state index contributed by atoms with van der Waals surface area (Å²) in [4.78, 5) is 8.23. The van der Waals surface area contributed by atoms with Gasteiger partial charge in [-0.25, -0.2) is 14.6 Å². The van der Waals surface area contributed by atoms with Crippen molar-refractivity contribution in [3.8, 4) is 11.4 Å². The summed E-state index contributed by atoms with van der Waals surface area (Å²) in [5, 5.41) is 6.16. The molecule has 0 N–H and O–H groups in total. The molecule has 0 bridgehead atoms. The van der Waals surface area contributed by atoms with Crippen LogP contribution in [0.1, 0.15) is 0 Å². The van der Waals surface area contributed by atoms with E-state index in [1.54, 1.807) is 4.68 Å². The fraction of sp³-hybridized carbons (Fsp3) is 0.353. The van der Waals surface area contributed by atoms with Crippen LogP contribution in [0.15, 0.2) is 30.5 Å². The van der Waals surface area contributed by atoms with Crippen molar-refractivity contribution < 1.29 is 4.74 Å². The van der Waals surface area contributed by atoms with E-state index in [0.717, 1.165) is 22.6 Å². The Morgan fingerprint density at radius 1 is 1.16 bits per heavy atom. The summed E-state index contributed by atoms with van der Waals surface area (Å²) in [6.45, 7) is 8.03. The van der Waals surface area contributed by atoms with E-state index in [9.17, 15) is 0 Å². The molecule has 0 atom stereocenters. The van der Waals surface area contributed by atoms with Gasteiger partial charge in [-0.05, 0) is 23.7 Å². The van der Waals surface area contributed by atoms with E-state index in [-0.39, 0.29) is 5.28 Å². The van der Waals surface area contributed by atoms with Crippen molar-refractivity contribution >= 4 is 42.2 Å². The van der Waals surface area contributed by atoms with Crippen molar-refractivity contribution in [3.05, 3.63) is 40.8 Å². The number of aromatic nitrogens is 4. The number of rotatable bonds is 6. The zero-order valence-electron chi connectivity index (χ0n) is 14.5. The molecule has 2 heterocycles. The number of ether oxygens (including phenoxy) is 1. The van der Waals surface area contributed by atoms with Gasteiger partial charge in [0.15, 0.2) is 0 Å².